The van der Waals surface area contributed by atoms with Crippen molar-refractivity contribution in [1.82, 2.24) is 0 Å². The van der Waals surface area contributed by atoms with Crippen LogP contribution in [-0.4, -0.2) is 5.91 Å². The van der Waals surface area contributed by atoms with Gasteiger partial charge in [0.2, 0.25) is 5.91 Å². The van der Waals surface area contributed by atoms with E-state index < -0.39 is 0 Å². The molecular formula is C15H19NO. The molecule has 2 radical (unpaired) electrons. The number of hydrogen-bond acceptors (Lipinski definition) is 1. The highest BCUT2D eigenvalue weighted by molar-refractivity contribution is 5.91. The van der Waals surface area contributed by atoms with Crippen molar-refractivity contribution < 1.29 is 4.79 Å². The standard InChI is InChI=1S/C15H19NO/c1-2-3-4-11-15(17)16-14-10-6-8-12-7-5-9-13(12)14/h6,8,10H,2-5,9,11H2,1H3,(H,16,17). The molecule has 0 saturated carbocycles. The zero-order chi connectivity index (χ0) is 12.1. The largest absolute Gasteiger partial charge is 0.326 e. The Bertz CT molecular complexity index is 398. The molecular weight excluding hydrogens is 210 g/mol. The zero-order valence-electron chi connectivity index (χ0n) is 10.4. The Morgan fingerprint density at radius 1 is 1.41 bits per heavy atom. The monoisotopic (exact) mass is 229 g/mol. The van der Waals surface area contributed by atoms with Gasteiger partial charge in [-0.3, -0.25) is 4.79 Å². The van der Waals surface area contributed by atoms with Crippen LogP contribution in [-0.2, 0) is 11.2 Å². The van der Waals surface area contributed by atoms with Crippen molar-refractivity contribution in [2.24, 2.45) is 0 Å². The molecule has 0 aromatic heterocycles. The predicted molar refractivity (Wildman–Crippen MR) is 69.9 cm³/mol. The van der Waals surface area contributed by atoms with Gasteiger partial charge in [0.25, 0.3) is 0 Å². The molecule has 17 heavy (non-hydrogen) atoms. The Hall–Kier alpha value is -1.31. The second kappa shape index (κ2) is 5.85. The van der Waals surface area contributed by atoms with Crippen molar-refractivity contribution in [3.05, 3.63) is 35.7 Å². The first-order chi connectivity index (χ1) is 8.31. The average Bonchev–Trinajstić information content (AvgIpc) is 2.78. The summed E-state index contributed by atoms with van der Waals surface area (Å²) in [5.74, 6) is 0.138. The van der Waals surface area contributed by atoms with Crippen molar-refractivity contribution in [2.75, 3.05) is 5.32 Å². The van der Waals surface area contributed by atoms with Gasteiger partial charge in [-0.05, 0) is 36.5 Å². The Morgan fingerprint density at radius 2 is 2.29 bits per heavy atom. The Kier molecular flexibility index (Phi) is 4.18. The Labute approximate surface area is 103 Å². The van der Waals surface area contributed by atoms with Crippen LogP contribution in [0, 0.1) is 6.42 Å². The third kappa shape index (κ3) is 3.09. The second-order valence-corrected chi connectivity index (χ2v) is 4.51. The van der Waals surface area contributed by atoms with E-state index in [0.29, 0.717) is 6.42 Å². The number of rotatable bonds is 5. The second-order valence-electron chi connectivity index (χ2n) is 4.51. The SMILES string of the molecule is CCCCCC(=O)Nc1cccc2c1CC[C]2. The Morgan fingerprint density at radius 3 is 3.12 bits per heavy atom. The van der Waals surface area contributed by atoms with Crippen LogP contribution in [0.4, 0.5) is 5.69 Å². The van der Waals surface area contributed by atoms with Gasteiger partial charge in [0.15, 0.2) is 0 Å². The van der Waals surface area contributed by atoms with E-state index >= 15 is 0 Å². The molecule has 1 aromatic rings. The molecule has 0 saturated heterocycles. The summed E-state index contributed by atoms with van der Waals surface area (Å²) in [6.45, 7) is 2.15. The minimum absolute atomic E-state index is 0.138. The summed E-state index contributed by atoms with van der Waals surface area (Å²) in [6, 6.07) is 6.04. The van der Waals surface area contributed by atoms with Crippen LogP contribution in [0.25, 0.3) is 0 Å². The summed E-state index contributed by atoms with van der Waals surface area (Å²) in [6.07, 6.45) is 9.18. The van der Waals surface area contributed by atoms with E-state index in [1.807, 2.05) is 12.1 Å². The van der Waals surface area contributed by atoms with Gasteiger partial charge in [0, 0.05) is 18.5 Å². The van der Waals surface area contributed by atoms with Gasteiger partial charge < -0.3 is 5.32 Å². The van der Waals surface area contributed by atoms with Gasteiger partial charge in [-0.2, -0.15) is 0 Å². The fraction of sp³-hybridized carbons (Fsp3) is 0.467. The lowest BCUT2D eigenvalue weighted by molar-refractivity contribution is -0.116. The number of benzene rings is 1. The lowest BCUT2D eigenvalue weighted by atomic mass is 10.1. The van der Waals surface area contributed by atoms with E-state index in [2.05, 4.69) is 24.7 Å². The first kappa shape index (κ1) is 12.2. The van der Waals surface area contributed by atoms with Crippen LogP contribution >= 0.6 is 0 Å². The van der Waals surface area contributed by atoms with Gasteiger partial charge in [0.1, 0.15) is 0 Å². The molecule has 0 unspecified atom stereocenters. The van der Waals surface area contributed by atoms with Gasteiger partial charge in [0.05, 0.1) is 0 Å². The van der Waals surface area contributed by atoms with Crippen LogP contribution in [0.15, 0.2) is 18.2 Å². The molecule has 1 aliphatic carbocycles. The van der Waals surface area contributed by atoms with E-state index in [1.165, 1.54) is 5.56 Å². The molecule has 1 aliphatic rings. The van der Waals surface area contributed by atoms with E-state index in [0.717, 1.165) is 43.4 Å². The van der Waals surface area contributed by atoms with E-state index in [4.69, 9.17) is 0 Å². The minimum Gasteiger partial charge on any atom is -0.326 e. The van der Waals surface area contributed by atoms with Crippen LogP contribution < -0.4 is 5.32 Å². The normalized spacial score (nSPS) is 13.5. The summed E-state index contributed by atoms with van der Waals surface area (Å²) in [5.41, 5.74) is 3.39. The van der Waals surface area contributed by atoms with Gasteiger partial charge >= 0.3 is 0 Å². The van der Waals surface area contributed by atoms with Crippen LogP contribution in [0.2, 0.25) is 0 Å². The van der Waals surface area contributed by atoms with Gasteiger partial charge in [-0.1, -0.05) is 31.9 Å². The third-order valence-corrected chi connectivity index (χ3v) is 3.15. The van der Waals surface area contributed by atoms with Crippen molar-refractivity contribution in [3.63, 3.8) is 0 Å². The van der Waals surface area contributed by atoms with Crippen molar-refractivity contribution >= 4 is 11.6 Å². The molecule has 0 bridgehead atoms. The maximum absolute atomic E-state index is 11.8. The Balaban J connectivity index is 1.95. The summed E-state index contributed by atoms with van der Waals surface area (Å²) < 4.78 is 0. The number of amides is 1. The number of carbonyl (C=O) groups is 1. The number of fused-ring (bicyclic) bond motifs is 1. The highest BCUT2D eigenvalue weighted by Crippen LogP contribution is 2.29. The van der Waals surface area contributed by atoms with Crippen LogP contribution in [0.5, 0.6) is 0 Å². The van der Waals surface area contributed by atoms with E-state index in [9.17, 15) is 4.79 Å². The highest BCUT2D eigenvalue weighted by Gasteiger charge is 2.15. The highest BCUT2D eigenvalue weighted by atomic mass is 16.1. The fourth-order valence-corrected chi connectivity index (χ4v) is 2.21. The molecule has 0 aliphatic heterocycles. The van der Waals surface area contributed by atoms with Crippen molar-refractivity contribution in [3.8, 4) is 0 Å². The van der Waals surface area contributed by atoms with Crippen LogP contribution in [0.1, 0.15) is 50.2 Å². The number of nitrogens with one attached hydrogen (secondary N) is 1. The minimum atomic E-state index is 0.138. The number of carbonyl (C=O) groups excluding carboxylic acids is 1. The van der Waals surface area contributed by atoms with Gasteiger partial charge in [-0.15, -0.1) is 0 Å². The van der Waals surface area contributed by atoms with E-state index in [-0.39, 0.29) is 5.91 Å². The summed E-state index contributed by atoms with van der Waals surface area (Å²) >= 11 is 0. The molecule has 2 nitrogen and oxygen atoms in total. The first-order valence-corrected chi connectivity index (χ1v) is 6.47. The summed E-state index contributed by atoms with van der Waals surface area (Å²) in [7, 11) is 0. The smallest absolute Gasteiger partial charge is 0.224 e. The number of unbranched alkanes of at least 4 members (excludes halogenated alkanes) is 2. The lowest BCUT2D eigenvalue weighted by Gasteiger charge is -2.09. The topological polar surface area (TPSA) is 29.1 Å². The molecule has 0 heterocycles. The van der Waals surface area contributed by atoms with Gasteiger partial charge in [-0.25, -0.2) is 0 Å². The molecule has 1 aromatic carbocycles. The van der Waals surface area contributed by atoms with Crippen LogP contribution in [0.3, 0.4) is 0 Å². The average molecular weight is 229 g/mol. The maximum atomic E-state index is 11.8. The zero-order valence-corrected chi connectivity index (χ0v) is 10.4. The first-order valence-electron chi connectivity index (χ1n) is 6.47. The quantitative estimate of drug-likeness (QED) is 0.768. The molecule has 0 atom stereocenters. The molecule has 1 N–H and O–H groups in total. The fourth-order valence-electron chi connectivity index (χ4n) is 2.21. The molecule has 90 valence electrons. The van der Waals surface area contributed by atoms with E-state index in [1.54, 1.807) is 0 Å². The summed E-state index contributed by atoms with van der Waals surface area (Å²) in [5, 5.41) is 3.02. The molecule has 2 heteroatoms. The number of hydrogen-bond donors (Lipinski definition) is 1. The maximum Gasteiger partial charge on any atom is 0.224 e. The summed E-state index contributed by atoms with van der Waals surface area (Å²) in [4.78, 5) is 11.8. The molecule has 1 amide bonds. The third-order valence-electron chi connectivity index (χ3n) is 3.15. The van der Waals surface area contributed by atoms with Crippen molar-refractivity contribution in [1.29, 1.82) is 0 Å². The molecule has 0 spiro atoms. The lowest BCUT2D eigenvalue weighted by Crippen LogP contribution is -2.12. The predicted octanol–water partition coefficient (Wildman–Crippen LogP) is 3.58. The number of anilines is 1. The van der Waals surface area contributed by atoms with Crippen molar-refractivity contribution in [2.45, 2.75) is 45.4 Å². The molecule has 2 rings (SSSR count). The molecule has 0 fully saturated rings.